The number of carbonyl (C=O) groups excluding carboxylic acids is 1. The van der Waals surface area contributed by atoms with Gasteiger partial charge in [-0.3, -0.25) is 9.00 Å². The first-order valence-corrected chi connectivity index (χ1v) is 7.60. The van der Waals surface area contributed by atoms with Gasteiger partial charge in [0, 0.05) is 18.6 Å². The topological polar surface area (TPSA) is 55.4 Å². The second kappa shape index (κ2) is 5.79. The second-order valence-corrected chi connectivity index (χ2v) is 5.99. The van der Waals surface area contributed by atoms with E-state index in [1.807, 2.05) is 6.92 Å². The Bertz CT molecular complexity index is 521. The highest BCUT2D eigenvalue weighted by Crippen LogP contribution is 2.22. The maximum atomic E-state index is 13.6. The Labute approximate surface area is 113 Å². The number of anilines is 1. The zero-order chi connectivity index (χ0) is 14.0. The normalized spacial score (nSPS) is 24.2. The molecule has 0 saturated carbocycles. The van der Waals surface area contributed by atoms with Gasteiger partial charge in [0.05, 0.1) is 15.7 Å². The van der Waals surface area contributed by atoms with E-state index in [-0.39, 0.29) is 16.7 Å². The second-order valence-electron chi connectivity index (χ2n) is 4.65. The summed E-state index contributed by atoms with van der Waals surface area (Å²) in [6.07, 6.45) is 1.77. The average Bonchev–Trinajstić information content (AvgIpc) is 2.75. The van der Waals surface area contributed by atoms with Crippen molar-refractivity contribution in [2.24, 2.45) is 5.92 Å². The number of carbonyl (C=O) groups is 1. The van der Waals surface area contributed by atoms with Gasteiger partial charge in [-0.2, -0.15) is 0 Å². The molecule has 0 spiro atoms. The van der Waals surface area contributed by atoms with Crippen molar-refractivity contribution in [1.82, 2.24) is 0 Å². The van der Waals surface area contributed by atoms with Gasteiger partial charge in [0.2, 0.25) is 0 Å². The van der Waals surface area contributed by atoms with Gasteiger partial charge in [0.1, 0.15) is 11.9 Å². The Hall–Kier alpha value is -1.27. The minimum absolute atomic E-state index is 0.128. The Morgan fingerprint density at radius 2 is 2.26 bits per heavy atom. The zero-order valence-electron chi connectivity index (χ0n) is 10.8. The molecule has 0 aliphatic carbocycles. The zero-order valence-corrected chi connectivity index (χ0v) is 11.6. The fraction of sp³-hybridized carbons (Fsp3) is 0.462. The van der Waals surface area contributed by atoms with Crippen LogP contribution in [0.5, 0.6) is 0 Å². The van der Waals surface area contributed by atoms with Crippen molar-refractivity contribution < 1.29 is 18.1 Å². The molecule has 0 bridgehead atoms. The number of hydrogen-bond acceptors (Lipinski definition) is 3. The lowest BCUT2D eigenvalue weighted by Gasteiger charge is -2.14. The molecule has 104 valence electrons. The Kier molecular flexibility index (Phi) is 4.31. The van der Waals surface area contributed by atoms with Crippen LogP contribution in [0.25, 0.3) is 0 Å². The van der Waals surface area contributed by atoms with Crippen LogP contribution in [0.2, 0.25) is 0 Å². The van der Waals surface area contributed by atoms with Crippen LogP contribution < -0.4 is 5.32 Å². The van der Waals surface area contributed by atoms with Gasteiger partial charge in [0.25, 0.3) is 5.91 Å². The molecule has 1 aliphatic heterocycles. The lowest BCUT2D eigenvalue weighted by atomic mass is 10.0. The number of halogens is 1. The van der Waals surface area contributed by atoms with E-state index in [4.69, 9.17) is 4.74 Å². The highest BCUT2D eigenvalue weighted by molar-refractivity contribution is 7.84. The van der Waals surface area contributed by atoms with Crippen molar-refractivity contribution in [1.29, 1.82) is 0 Å². The summed E-state index contributed by atoms with van der Waals surface area (Å²) < 4.78 is 30.2. The molecule has 1 saturated heterocycles. The number of hydrogen-bond donors (Lipinski definition) is 1. The number of amides is 1. The quantitative estimate of drug-likeness (QED) is 0.923. The number of benzene rings is 1. The summed E-state index contributed by atoms with van der Waals surface area (Å²) in [6.45, 7) is 2.52. The SMILES string of the molecule is CC1CCOC1C(=O)Nc1ccc(S(C)=O)c(F)c1. The van der Waals surface area contributed by atoms with Gasteiger partial charge >= 0.3 is 0 Å². The first-order chi connectivity index (χ1) is 8.99. The van der Waals surface area contributed by atoms with Crippen LogP contribution in [0, 0.1) is 11.7 Å². The van der Waals surface area contributed by atoms with Crippen LogP contribution in [-0.4, -0.2) is 29.1 Å². The van der Waals surface area contributed by atoms with E-state index in [1.54, 1.807) is 0 Å². The minimum atomic E-state index is -1.38. The summed E-state index contributed by atoms with van der Waals surface area (Å²) in [5.41, 5.74) is 0.347. The van der Waals surface area contributed by atoms with Crippen molar-refractivity contribution in [3.8, 4) is 0 Å². The Balaban J connectivity index is 2.09. The molecular weight excluding hydrogens is 269 g/mol. The number of ether oxygens (including phenoxy) is 1. The van der Waals surface area contributed by atoms with E-state index in [2.05, 4.69) is 5.32 Å². The van der Waals surface area contributed by atoms with Crippen molar-refractivity contribution in [3.63, 3.8) is 0 Å². The van der Waals surface area contributed by atoms with Crippen LogP contribution in [0.4, 0.5) is 10.1 Å². The van der Waals surface area contributed by atoms with E-state index in [1.165, 1.54) is 24.5 Å². The predicted molar refractivity (Wildman–Crippen MR) is 70.9 cm³/mol. The molecule has 3 unspecified atom stereocenters. The molecule has 3 atom stereocenters. The molecule has 1 heterocycles. The number of nitrogens with one attached hydrogen (secondary N) is 1. The van der Waals surface area contributed by atoms with Crippen molar-refractivity contribution >= 4 is 22.4 Å². The highest BCUT2D eigenvalue weighted by Gasteiger charge is 2.30. The first kappa shape index (κ1) is 14.1. The van der Waals surface area contributed by atoms with Gasteiger partial charge in [0.15, 0.2) is 0 Å². The van der Waals surface area contributed by atoms with E-state index in [9.17, 15) is 13.4 Å². The molecule has 1 aromatic carbocycles. The Morgan fingerprint density at radius 1 is 1.53 bits per heavy atom. The molecule has 2 rings (SSSR count). The summed E-state index contributed by atoms with van der Waals surface area (Å²) in [7, 11) is -1.38. The van der Waals surface area contributed by atoms with Crippen LogP contribution >= 0.6 is 0 Å². The monoisotopic (exact) mass is 285 g/mol. The minimum Gasteiger partial charge on any atom is -0.368 e. The van der Waals surface area contributed by atoms with Gasteiger partial charge in [-0.15, -0.1) is 0 Å². The number of rotatable bonds is 3. The van der Waals surface area contributed by atoms with E-state index in [0.29, 0.717) is 12.3 Å². The third-order valence-corrected chi connectivity index (χ3v) is 4.11. The van der Waals surface area contributed by atoms with Crippen LogP contribution in [-0.2, 0) is 20.3 Å². The maximum absolute atomic E-state index is 13.6. The first-order valence-electron chi connectivity index (χ1n) is 6.04. The molecule has 19 heavy (non-hydrogen) atoms. The molecule has 1 aromatic rings. The molecule has 1 amide bonds. The Morgan fingerprint density at radius 3 is 2.79 bits per heavy atom. The molecular formula is C13H16FNO3S. The van der Waals surface area contributed by atoms with Gasteiger partial charge in [-0.05, 0) is 30.5 Å². The van der Waals surface area contributed by atoms with Crippen molar-refractivity contribution in [2.75, 3.05) is 18.2 Å². The van der Waals surface area contributed by atoms with Gasteiger partial charge in [-0.1, -0.05) is 6.92 Å². The van der Waals surface area contributed by atoms with Crippen LogP contribution in [0.15, 0.2) is 23.1 Å². The summed E-state index contributed by atoms with van der Waals surface area (Å²) in [5.74, 6) is -0.693. The summed E-state index contributed by atoms with van der Waals surface area (Å²) in [4.78, 5) is 12.1. The van der Waals surface area contributed by atoms with Crippen LogP contribution in [0.1, 0.15) is 13.3 Å². The average molecular weight is 285 g/mol. The van der Waals surface area contributed by atoms with Gasteiger partial charge < -0.3 is 10.1 Å². The molecule has 1 N–H and O–H groups in total. The van der Waals surface area contributed by atoms with Crippen molar-refractivity contribution in [3.05, 3.63) is 24.0 Å². The van der Waals surface area contributed by atoms with Crippen LogP contribution in [0.3, 0.4) is 0 Å². The highest BCUT2D eigenvalue weighted by atomic mass is 32.2. The predicted octanol–water partition coefficient (Wildman–Crippen LogP) is 1.93. The fourth-order valence-corrected chi connectivity index (χ4v) is 2.65. The lowest BCUT2D eigenvalue weighted by molar-refractivity contribution is -0.126. The molecule has 4 nitrogen and oxygen atoms in total. The molecule has 1 aliphatic rings. The smallest absolute Gasteiger partial charge is 0.253 e. The molecule has 0 radical (unpaired) electrons. The van der Waals surface area contributed by atoms with E-state index in [0.717, 1.165) is 6.42 Å². The third kappa shape index (κ3) is 3.19. The third-order valence-electron chi connectivity index (χ3n) is 3.15. The standard InChI is InChI=1S/C13H16FNO3S/c1-8-5-6-18-12(8)13(16)15-9-3-4-11(19(2)17)10(14)7-9/h3-4,7-8,12H,5-6H2,1-2H3,(H,15,16). The largest absolute Gasteiger partial charge is 0.368 e. The van der Waals surface area contributed by atoms with E-state index >= 15 is 0 Å². The lowest BCUT2D eigenvalue weighted by Crippen LogP contribution is -2.31. The van der Waals surface area contributed by atoms with Gasteiger partial charge in [-0.25, -0.2) is 4.39 Å². The molecule has 1 fully saturated rings. The maximum Gasteiger partial charge on any atom is 0.253 e. The fourth-order valence-electron chi connectivity index (χ4n) is 2.06. The van der Waals surface area contributed by atoms with Crippen molar-refractivity contribution in [2.45, 2.75) is 24.3 Å². The summed E-state index contributed by atoms with van der Waals surface area (Å²) in [5, 5.41) is 2.62. The molecule has 6 heteroatoms. The molecule has 0 aromatic heterocycles. The van der Waals surface area contributed by atoms with E-state index < -0.39 is 22.7 Å². The summed E-state index contributed by atoms with van der Waals surface area (Å²) >= 11 is 0. The summed E-state index contributed by atoms with van der Waals surface area (Å²) in [6, 6.07) is 4.13.